The second-order valence-electron chi connectivity index (χ2n) is 7.38. The first-order chi connectivity index (χ1) is 14.7. The summed E-state index contributed by atoms with van der Waals surface area (Å²) in [6, 6.07) is 11.3. The van der Waals surface area contributed by atoms with Gasteiger partial charge in [0.25, 0.3) is 0 Å². The van der Waals surface area contributed by atoms with Crippen LogP contribution >= 0.6 is 0 Å². The van der Waals surface area contributed by atoms with Crippen LogP contribution in [0.5, 0.6) is 11.5 Å². The van der Waals surface area contributed by atoms with Gasteiger partial charge in [-0.15, -0.1) is 0 Å². The summed E-state index contributed by atoms with van der Waals surface area (Å²) in [5, 5.41) is 3.03. The molecular weight excluding hydrogens is 416 g/mol. The van der Waals surface area contributed by atoms with Crippen molar-refractivity contribution >= 4 is 21.6 Å². The van der Waals surface area contributed by atoms with Gasteiger partial charge in [-0.2, -0.15) is 0 Å². The molecule has 0 heterocycles. The largest absolute Gasteiger partial charge is 0.497 e. The zero-order chi connectivity index (χ0) is 23.2. The zero-order valence-electron chi connectivity index (χ0n) is 19.0. The lowest BCUT2D eigenvalue weighted by molar-refractivity contribution is -0.123. The number of hydrogen-bond acceptors (Lipinski definition) is 5. The smallest absolute Gasteiger partial charge is 0.244 e. The molecule has 0 saturated carbocycles. The fraction of sp³-hybridized carbons (Fsp3) is 0.435. The van der Waals surface area contributed by atoms with Crippen LogP contribution in [0.3, 0.4) is 0 Å². The van der Waals surface area contributed by atoms with Crippen LogP contribution < -0.4 is 19.1 Å². The van der Waals surface area contributed by atoms with Gasteiger partial charge in [0.1, 0.15) is 17.5 Å². The molecule has 8 heteroatoms. The molecule has 0 spiro atoms. The van der Waals surface area contributed by atoms with Crippen molar-refractivity contribution in [2.24, 2.45) is 0 Å². The lowest BCUT2D eigenvalue weighted by Crippen LogP contribution is -2.50. The second-order valence-corrected chi connectivity index (χ2v) is 9.24. The Labute approximate surface area is 185 Å². The Hall–Kier alpha value is -2.74. The Kier molecular flexibility index (Phi) is 8.33. The predicted molar refractivity (Wildman–Crippen MR) is 123 cm³/mol. The van der Waals surface area contributed by atoms with Crippen LogP contribution in [0.4, 0.5) is 5.69 Å². The monoisotopic (exact) mass is 448 g/mol. The van der Waals surface area contributed by atoms with Crippen LogP contribution in [0, 0.1) is 6.92 Å². The van der Waals surface area contributed by atoms with Gasteiger partial charge < -0.3 is 14.8 Å². The van der Waals surface area contributed by atoms with Gasteiger partial charge in [-0.1, -0.05) is 32.0 Å². The first-order valence-corrected chi connectivity index (χ1v) is 12.1. The van der Waals surface area contributed by atoms with E-state index in [2.05, 4.69) is 5.32 Å². The quantitative estimate of drug-likeness (QED) is 0.597. The minimum absolute atomic E-state index is 0.252. The molecule has 170 valence electrons. The van der Waals surface area contributed by atoms with Crippen LogP contribution in [-0.4, -0.2) is 40.8 Å². The van der Waals surface area contributed by atoms with E-state index >= 15 is 0 Å². The molecule has 0 bridgehead atoms. The van der Waals surface area contributed by atoms with Crippen molar-refractivity contribution in [3.63, 3.8) is 0 Å². The number of carbonyl (C=O) groups is 1. The number of methoxy groups -OCH3 is 2. The van der Waals surface area contributed by atoms with Gasteiger partial charge in [-0.25, -0.2) is 8.42 Å². The highest BCUT2D eigenvalue weighted by Crippen LogP contribution is 2.28. The third kappa shape index (κ3) is 5.91. The first kappa shape index (κ1) is 24.5. The van der Waals surface area contributed by atoms with Crippen molar-refractivity contribution in [2.75, 3.05) is 24.8 Å². The van der Waals surface area contributed by atoms with E-state index in [0.717, 1.165) is 27.4 Å². The maximum atomic E-state index is 13.3. The molecule has 0 saturated heterocycles. The van der Waals surface area contributed by atoms with Crippen molar-refractivity contribution in [2.45, 2.75) is 45.7 Å². The minimum Gasteiger partial charge on any atom is -0.497 e. The zero-order valence-corrected chi connectivity index (χ0v) is 19.8. The molecule has 0 aliphatic carbocycles. The van der Waals surface area contributed by atoms with E-state index in [9.17, 15) is 13.2 Å². The van der Waals surface area contributed by atoms with Crippen molar-refractivity contribution in [1.29, 1.82) is 0 Å². The molecule has 31 heavy (non-hydrogen) atoms. The summed E-state index contributed by atoms with van der Waals surface area (Å²) in [7, 11) is -0.595. The number of nitrogens with zero attached hydrogens (tertiary/aromatic N) is 1. The number of carbonyl (C=O) groups excluding carboxylic acids is 1. The number of nitrogens with one attached hydrogen (secondary N) is 1. The summed E-state index contributed by atoms with van der Waals surface area (Å²) in [5.41, 5.74) is 2.29. The summed E-state index contributed by atoms with van der Waals surface area (Å²) in [4.78, 5) is 13.3. The highest BCUT2D eigenvalue weighted by atomic mass is 32.2. The molecule has 2 rings (SSSR count). The minimum atomic E-state index is -3.72. The van der Waals surface area contributed by atoms with Gasteiger partial charge in [-0.05, 0) is 49.1 Å². The molecule has 2 aromatic carbocycles. The Morgan fingerprint density at radius 2 is 1.77 bits per heavy atom. The van der Waals surface area contributed by atoms with Crippen LogP contribution in [0.2, 0.25) is 0 Å². The number of amides is 1. The number of aryl methyl sites for hydroxylation is 1. The van der Waals surface area contributed by atoms with Crippen molar-refractivity contribution in [3.8, 4) is 11.5 Å². The van der Waals surface area contributed by atoms with E-state index < -0.39 is 16.1 Å². The number of benzene rings is 2. The Bertz CT molecular complexity index is 1010. The number of rotatable bonds is 10. The Morgan fingerprint density at radius 3 is 2.29 bits per heavy atom. The second kappa shape index (κ2) is 10.5. The predicted octanol–water partition coefficient (Wildman–Crippen LogP) is 3.82. The van der Waals surface area contributed by atoms with Crippen LogP contribution in [0.1, 0.15) is 43.9 Å². The third-order valence-corrected chi connectivity index (χ3v) is 6.36. The molecule has 2 aromatic rings. The van der Waals surface area contributed by atoms with E-state index in [-0.39, 0.29) is 11.9 Å². The molecule has 1 amide bonds. The Balaban J connectivity index is 2.37. The van der Waals surface area contributed by atoms with E-state index in [1.54, 1.807) is 38.3 Å². The summed E-state index contributed by atoms with van der Waals surface area (Å²) in [5.74, 6) is 0.940. The molecule has 0 unspecified atom stereocenters. The number of sulfonamides is 1. The number of hydrogen-bond donors (Lipinski definition) is 1. The summed E-state index contributed by atoms with van der Waals surface area (Å²) in [6.07, 6.45) is 2.08. The maximum Gasteiger partial charge on any atom is 0.244 e. The molecule has 0 aliphatic rings. The van der Waals surface area contributed by atoms with Gasteiger partial charge in [0.2, 0.25) is 15.9 Å². The van der Waals surface area contributed by atoms with E-state index in [1.807, 2.05) is 32.0 Å². The fourth-order valence-corrected chi connectivity index (χ4v) is 4.82. The summed E-state index contributed by atoms with van der Waals surface area (Å²) >= 11 is 0. The molecule has 2 atom stereocenters. The highest BCUT2D eigenvalue weighted by Gasteiger charge is 2.32. The summed E-state index contributed by atoms with van der Waals surface area (Å²) < 4.78 is 37.0. The van der Waals surface area contributed by atoms with Crippen molar-refractivity contribution in [1.82, 2.24) is 5.32 Å². The van der Waals surface area contributed by atoms with E-state index in [1.165, 1.54) is 7.11 Å². The van der Waals surface area contributed by atoms with Crippen LogP contribution in [-0.2, 0) is 14.8 Å². The topological polar surface area (TPSA) is 84.9 Å². The van der Waals surface area contributed by atoms with E-state index in [4.69, 9.17) is 9.47 Å². The normalized spacial score (nSPS) is 13.2. The SMILES string of the molecule is CC[C@@H](NC(=O)[C@H](CC)N(c1cccc(OC)c1)S(C)(=O)=O)c1ccc(OC)c(C)c1. The highest BCUT2D eigenvalue weighted by molar-refractivity contribution is 7.92. The van der Waals surface area contributed by atoms with E-state index in [0.29, 0.717) is 24.3 Å². The van der Waals surface area contributed by atoms with Gasteiger partial charge in [0.05, 0.1) is 32.2 Å². The lowest BCUT2D eigenvalue weighted by atomic mass is 10.0. The molecule has 0 aliphatic heterocycles. The summed E-state index contributed by atoms with van der Waals surface area (Å²) in [6.45, 7) is 5.71. The van der Waals surface area contributed by atoms with Crippen molar-refractivity contribution in [3.05, 3.63) is 53.6 Å². The molecule has 0 aromatic heterocycles. The Morgan fingerprint density at radius 1 is 1.06 bits per heavy atom. The molecular formula is C23H32N2O5S. The van der Waals surface area contributed by atoms with Gasteiger partial charge in [0, 0.05) is 6.07 Å². The fourth-order valence-electron chi connectivity index (χ4n) is 3.62. The molecule has 7 nitrogen and oxygen atoms in total. The van der Waals surface area contributed by atoms with Gasteiger partial charge in [-0.3, -0.25) is 9.10 Å². The van der Waals surface area contributed by atoms with Gasteiger partial charge >= 0.3 is 0 Å². The number of ether oxygens (including phenoxy) is 2. The standard InChI is InChI=1S/C23H32N2O5S/c1-7-20(17-12-13-22(30-5)16(3)14-17)24-23(26)21(8-2)25(31(6,27)28)18-10-9-11-19(15-18)29-4/h9-15,20-21H,7-8H2,1-6H3,(H,24,26)/t20-,21+/m1/s1. The molecule has 1 N–H and O–H groups in total. The van der Waals surface area contributed by atoms with Gasteiger partial charge in [0.15, 0.2) is 0 Å². The molecule has 0 radical (unpaired) electrons. The van der Waals surface area contributed by atoms with Crippen LogP contribution in [0.25, 0.3) is 0 Å². The first-order valence-electron chi connectivity index (χ1n) is 10.2. The average Bonchev–Trinajstić information content (AvgIpc) is 2.74. The third-order valence-electron chi connectivity index (χ3n) is 5.18. The van der Waals surface area contributed by atoms with Crippen LogP contribution in [0.15, 0.2) is 42.5 Å². The number of anilines is 1. The average molecular weight is 449 g/mol. The maximum absolute atomic E-state index is 13.3. The lowest BCUT2D eigenvalue weighted by Gasteiger charge is -2.31. The van der Waals surface area contributed by atoms with Crippen molar-refractivity contribution < 1.29 is 22.7 Å². The molecule has 0 fully saturated rings.